The Bertz CT molecular complexity index is 1020. The molecule has 0 saturated carbocycles. The Labute approximate surface area is 169 Å². The third-order valence-electron chi connectivity index (χ3n) is 5.84. The van der Waals surface area contributed by atoms with E-state index in [1.807, 2.05) is 36.4 Å². The highest BCUT2D eigenvalue weighted by Crippen LogP contribution is 2.47. The minimum Gasteiger partial charge on any atom is -0.508 e. The minimum absolute atomic E-state index is 0.00130. The van der Waals surface area contributed by atoms with Crippen LogP contribution in [0.3, 0.4) is 0 Å². The number of aliphatic imine (C=N–C) groups is 1. The van der Waals surface area contributed by atoms with E-state index < -0.39 is 17.8 Å². The number of hydrogen-bond donors (Lipinski definition) is 1. The van der Waals surface area contributed by atoms with Gasteiger partial charge in [0.1, 0.15) is 11.7 Å². The molecule has 2 aromatic rings. The van der Waals surface area contributed by atoms with Crippen molar-refractivity contribution in [2.75, 3.05) is 7.11 Å². The van der Waals surface area contributed by atoms with Crippen molar-refractivity contribution in [2.24, 2.45) is 10.9 Å². The lowest BCUT2D eigenvalue weighted by atomic mass is 9.69. The van der Waals surface area contributed by atoms with Gasteiger partial charge in [-0.1, -0.05) is 42.5 Å². The Hall–Kier alpha value is -3.21. The average molecular weight is 389 g/mol. The Morgan fingerprint density at radius 2 is 1.79 bits per heavy atom. The van der Waals surface area contributed by atoms with E-state index in [1.165, 1.54) is 7.11 Å². The first-order valence-corrected chi connectivity index (χ1v) is 9.72. The number of carbonyl (C=O) groups is 2. The van der Waals surface area contributed by atoms with Gasteiger partial charge in [-0.2, -0.15) is 0 Å². The normalized spacial score (nSPS) is 24.0. The second kappa shape index (κ2) is 7.66. The van der Waals surface area contributed by atoms with E-state index in [9.17, 15) is 14.7 Å². The molecule has 1 aliphatic carbocycles. The molecule has 1 unspecified atom stereocenters. The van der Waals surface area contributed by atoms with Crippen molar-refractivity contribution in [2.45, 2.75) is 31.6 Å². The smallest absolute Gasteiger partial charge is 0.315 e. The second-order valence-corrected chi connectivity index (χ2v) is 7.63. The number of phenols is 1. The lowest BCUT2D eigenvalue weighted by molar-refractivity contribution is -0.143. The van der Waals surface area contributed by atoms with Crippen LogP contribution in [-0.2, 0) is 14.3 Å². The van der Waals surface area contributed by atoms with Gasteiger partial charge in [0.15, 0.2) is 5.78 Å². The largest absolute Gasteiger partial charge is 0.508 e. The van der Waals surface area contributed by atoms with Crippen molar-refractivity contribution >= 4 is 17.5 Å². The van der Waals surface area contributed by atoms with Crippen LogP contribution in [0.1, 0.15) is 42.7 Å². The quantitative estimate of drug-likeness (QED) is 0.801. The second-order valence-electron chi connectivity index (χ2n) is 7.63. The molecule has 0 spiro atoms. The predicted octanol–water partition coefficient (Wildman–Crippen LogP) is 4.14. The molecule has 0 saturated heterocycles. The van der Waals surface area contributed by atoms with Crippen molar-refractivity contribution in [3.63, 3.8) is 0 Å². The van der Waals surface area contributed by atoms with E-state index in [0.717, 1.165) is 11.3 Å². The van der Waals surface area contributed by atoms with E-state index in [1.54, 1.807) is 25.1 Å². The first-order chi connectivity index (χ1) is 14.0. The van der Waals surface area contributed by atoms with Crippen molar-refractivity contribution < 1.29 is 19.4 Å². The number of rotatable bonds is 3. The van der Waals surface area contributed by atoms with E-state index in [0.29, 0.717) is 29.7 Å². The molecule has 0 bridgehead atoms. The number of allylic oxidation sites excluding steroid dienone is 2. The molecule has 1 heterocycles. The van der Waals surface area contributed by atoms with Gasteiger partial charge in [-0.3, -0.25) is 14.6 Å². The topological polar surface area (TPSA) is 76.0 Å². The molecule has 1 N–H and O–H groups in total. The number of Topliss-reactive ketones (excluding diaryl/α,β-unsaturated/α-hetero) is 1. The van der Waals surface area contributed by atoms with Gasteiger partial charge in [0.2, 0.25) is 0 Å². The maximum Gasteiger partial charge on any atom is 0.315 e. The number of methoxy groups -OCH3 is 1. The fourth-order valence-corrected chi connectivity index (χ4v) is 4.53. The zero-order valence-corrected chi connectivity index (χ0v) is 16.5. The molecule has 0 aromatic heterocycles. The molecule has 4 rings (SSSR count). The summed E-state index contributed by atoms with van der Waals surface area (Å²) in [6.07, 6.45) is 1.02. The molecule has 0 amide bonds. The van der Waals surface area contributed by atoms with Crippen LogP contribution in [0, 0.1) is 5.92 Å². The molecular formula is C24H23NO4. The Morgan fingerprint density at radius 1 is 1.07 bits per heavy atom. The highest BCUT2D eigenvalue weighted by molar-refractivity contribution is 6.09. The van der Waals surface area contributed by atoms with Gasteiger partial charge in [0.25, 0.3) is 0 Å². The molecular weight excluding hydrogens is 366 g/mol. The first kappa shape index (κ1) is 19.1. The average Bonchev–Trinajstić information content (AvgIpc) is 2.72. The lowest BCUT2D eigenvalue weighted by Crippen LogP contribution is -2.37. The molecule has 1 aliphatic heterocycles. The van der Waals surface area contributed by atoms with Gasteiger partial charge in [-0.05, 0) is 42.5 Å². The summed E-state index contributed by atoms with van der Waals surface area (Å²) in [6.45, 7) is 1.80. The highest BCUT2D eigenvalue weighted by atomic mass is 16.5. The number of ether oxygens (including phenoxy) is 1. The summed E-state index contributed by atoms with van der Waals surface area (Å²) < 4.78 is 5.03. The fraction of sp³-hybridized carbons (Fsp3) is 0.292. The third kappa shape index (κ3) is 3.48. The van der Waals surface area contributed by atoms with Gasteiger partial charge in [-0.15, -0.1) is 0 Å². The van der Waals surface area contributed by atoms with Crippen molar-refractivity contribution in [3.05, 3.63) is 77.0 Å². The van der Waals surface area contributed by atoms with E-state index in [2.05, 4.69) is 0 Å². The van der Waals surface area contributed by atoms with Gasteiger partial charge >= 0.3 is 5.97 Å². The van der Waals surface area contributed by atoms with Crippen molar-refractivity contribution in [1.29, 1.82) is 0 Å². The fourth-order valence-electron chi connectivity index (χ4n) is 4.53. The van der Waals surface area contributed by atoms with E-state index in [-0.39, 0.29) is 17.5 Å². The molecule has 0 fully saturated rings. The minimum atomic E-state index is -0.683. The van der Waals surface area contributed by atoms with Crippen LogP contribution in [-0.4, -0.2) is 29.7 Å². The number of aromatic hydroxyl groups is 1. The number of ketones is 1. The molecule has 148 valence electrons. The maximum atomic E-state index is 13.3. The van der Waals surface area contributed by atoms with Gasteiger partial charge in [0.05, 0.1) is 7.11 Å². The Morgan fingerprint density at radius 3 is 2.48 bits per heavy atom. The first-order valence-electron chi connectivity index (χ1n) is 9.72. The maximum absolute atomic E-state index is 13.3. The summed E-state index contributed by atoms with van der Waals surface area (Å²) in [5.74, 6) is -1.45. The van der Waals surface area contributed by atoms with Crippen LogP contribution >= 0.6 is 0 Å². The summed E-state index contributed by atoms with van der Waals surface area (Å²) in [5.41, 5.74) is 3.77. The zero-order chi connectivity index (χ0) is 20.5. The van der Waals surface area contributed by atoms with Crippen LogP contribution in [0.5, 0.6) is 5.75 Å². The zero-order valence-electron chi connectivity index (χ0n) is 16.5. The van der Waals surface area contributed by atoms with Crippen LogP contribution in [0.25, 0.3) is 0 Å². The van der Waals surface area contributed by atoms with Crippen LogP contribution in [0.15, 0.2) is 70.9 Å². The molecule has 5 nitrogen and oxygen atoms in total. The number of hydrogen-bond acceptors (Lipinski definition) is 5. The van der Waals surface area contributed by atoms with E-state index in [4.69, 9.17) is 9.73 Å². The van der Waals surface area contributed by atoms with E-state index >= 15 is 0 Å². The molecule has 2 aromatic carbocycles. The molecule has 29 heavy (non-hydrogen) atoms. The molecule has 0 radical (unpaired) electrons. The number of benzene rings is 2. The van der Waals surface area contributed by atoms with Gasteiger partial charge in [-0.25, -0.2) is 0 Å². The summed E-state index contributed by atoms with van der Waals surface area (Å²) in [7, 11) is 1.34. The Kier molecular flexibility index (Phi) is 5.05. The van der Waals surface area contributed by atoms with Crippen LogP contribution < -0.4 is 0 Å². The lowest BCUT2D eigenvalue weighted by Gasteiger charge is -2.36. The molecule has 5 heteroatoms. The SMILES string of the molecule is COC(=O)C1C(C)=NC2=C(C(=O)C[C@@H](c3ccccc3)C2)[C@H]1c1cccc(O)c1. The highest BCUT2D eigenvalue weighted by Gasteiger charge is 2.44. The predicted molar refractivity (Wildman–Crippen MR) is 110 cm³/mol. The summed E-state index contributed by atoms with van der Waals surface area (Å²) in [6, 6.07) is 16.7. The van der Waals surface area contributed by atoms with Crippen LogP contribution in [0.4, 0.5) is 0 Å². The van der Waals surface area contributed by atoms with Crippen molar-refractivity contribution in [1.82, 2.24) is 0 Å². The molecule has 3 atom stereocenters. The number of nitrogens with zero attached hydrogens (tertiary/aromatic N) is 1. The summed E-state index contributed by atoms with van der Waals surface area (Å²) in [5, 5.41) is 10.00. The summed E-state index contributed by atoms with van der Waals surface area (Å²) in [4.78, 5) is 30.6. The van der Waals surface area contributed by atoms with Gasteiger partial charge < -0.3 is 9.84 Å². The van der Waals surface area contributed by atoms with Gasteiger partial charge in [0, 0.05) is 29.3 Å². The third-order valence-corrected chi connectivity index (χ3v) is 5.84. The number of phenolic OH excluding ortho intramolecular Hbond substituents is 1. The van der Waals surface area contributed by atoms with Crippen molar-refractivity contribution in [3.8, 4) is 5.75 Å². The molecule has 2 aliphatic rings. The summed E-state index contributed by atoms with van der Waals surface area (Å²) >= 11 is 0. The number of esters is 1. The standard InChI is InChI=1S/C24H23NO4/c1-14-21(24(28)29-2)22(16-9-6-10-18(26)11-16)23-19(25-14)12-17(13-20(23)27)15-7-4-3-5-8-15/h3-11,17,21-22,26H,12-13H2,1-2H3/t17-,21?,22-/m0/s1. The van der Waals surface area contributed by atoms with Crippen LogP contribution in [0.2, 0.25) is 0 Å². The monoisotopic (exact) mass is 389 g/mol. The Balaban J connectivity index is 1.83. The number of carbonyl (C=O) groups excluding carboxylic acids is 2.